The molecule has 0 aliphatic rings. The number of rotatable bonds is 4. The molecule has 0 spiro atoms. The molecule has 20 heavy (non-hydrogen) atoms. The summed E-state index contributed by atoms with van der Waals surface area (Å²) in [6.07, 6.45) is 4.10. The molecular formula is C16H18N4. The van der Waals surface area contributed by atoms with Crippen LogP contribution in [0.5, 0.6) is 0 Å². The van der Waals surface area contributed by atoms with E-state index in [1.807, 2.05) is 40.9 Å². The Morgan fingerprint density at radius 3 is 2.65 bits per heavy atom. The van der Waals surface area contributed by atoms with Gasteiger partial charge in [0.15, 0.2) is 0 Å². The molecule has 0 aliphatic carbocycles. The van der Waals surface area contributed by atoms with Crippen LogP contribution in [0.1, 0.15) is 11.3 Å². The highest BCUT2D eigenvalue weighted by molar-refractivity contribution is 5.40. The van der Waals surface area contributed by atoms with E-state index in [-0.39, 0.29) is 0 Å². The number of hydrogen-bond acceptors (Lipinski definition) is 3. The standard InChI is InChI=1S/C16H18N4/c1-19(10-13-5-7-14(17)8-6-13)11-15-12-20-9-3-2-4-16(20)18-15/h2-9,12H,10-11,17H2,1H3. The Hall–Kier alpha value is -2.33. The number of hydrogen-bond donors (Lipinski definition) is 1. The van der Waals surface area contributed by atoms with Crippen LogP contribution in [0.2, 0.25) is 0 Å². The van der Waals surface area contributed by atoms with E-state index in [9.17, 15) is 0 Å². The molecule has 2 N–H and O–H groups in total. The molecular weight excluding hydrogens is 248 g/mol. The van der Waals surface area contributed by atoms with Gasteiger partial charge in [-0.15, -0.1) is 0 Å². The van der Waals surface area contributed by atoms with Gasteiger partial charge < -0.3 is 10.1 Å². The lowest BCUT2D eigenvalue weighted by molar-refractivity contribution is 0.316. The summed E-state index contributed by atoms with van der Waals surface area (Å²) in [5.74, 6) is 0. The largest absolute Gasteiger partial charge is 0.399 e. The third kappa shape index (κ3) is 2.81. The van der Waals surface area contributed by atoms with Crippen molar-refractivity contribution in [2.75, 3.05) is 12.8 Å². The molecule has 0 bridgehead atoms. The Morgan fingerprint density at radius 1 is 1.10 bits per heavy atom. The van der Waals surface area contributed by atoms with Crippen LogP contribution in [-0.4, -0.2) is 21.3 Å². The maximum Gasteiger partial charge on any atom is 0.137 e. The van der Waals surface area contributed by atoms with Crippen LogP contribution in [0, 0.1) is 0 Å². The van der Waals surface area contributed by atoms with E-state index in [4.69, 9.17) is 5.73 Å². The lowest BCUT2D eigenvalue weighted by atomic mass is 10.2. The Balaban J connectivity index is 1.69. The summed E-state index contributed by atoms with van der Waals surface area (Å²) >= 11 is 0. The average Bonchev–Trinajstić information content (AvgIpc) is 2.83. The lowest BCUT2D eigenvalue weighted by Crippen LogP contribution is -2.17. The predicted molar refractivity (Wildman–Crippen MR) is 81.2 cm³/mol. The van der Waals surface area contributed by atoms with Crippen molar-refractivity contribution < 1.29 is 0 Å². The van der Waals surface area contributed by atoms with Gasteiger partial charge in [-0.25, -0.2) is 4.98 Å². The van der Waals surface area contributed by atoms with E-state index in [1.54, 1.807) is 0 Å². The molecule has 0 atom stereocenters. The molecule has 0 aliphatic heterocycles. The van der Waals surface area contributed by atoms with Crippen molar-refractivity contribution in [2.24, 2.45) is 0 Å². The zero-order valence-corrected chi connectivity index (χ0v) is 11.5. The van der Waals surface area contributed by atoms with Crippen molar-refractivity contribution >= 4 is 11.3 Å². The highest BCUT2D eigenvalue weighted by Crippen LogP contribution is 2.11. The monoisotopic (exact) mass is 266 g/mol. The number of aromatic nitrogens is 2. The Kier molecular flexibility index (Phi) is 3.39. The predicted octanol–water partition coefficient (Wildman–Crippen LogP) is 2.55. The van der Waals surface area contributed by atoms with Gasteiger partial charge in [0.25, 0.3) is 0 Å². The molecule has 0 saturated heterocycles. The smallest absolute Gasteiger partial charge is 0.137 e. The minimum atomic E-state index is 0.803. The highest BCUT2D eigenvalue weighted by Gasteiger charge is 2.05. The molecule has 0 unspecified atom stereocenters. The second kappa shape index (κ2) is 5.35. The third-order valence-electron chi connectivity index (χ3n) is 3.28. The van der Waals surface area contributed by atoms with Crippen molar-refractivity contribution in [3.63, 3.8) is 0 Å². The number of benzene rings is 1. The number of nitrogens with zero attached hydrogens (tertiary/aromatic N) is 3. The normalized spacial score (nSPS) is 11.3. The van der Waals surface area contributed by atoms with Crippen molar-refractivity contribution in [1.82, 2.24) is 14.3 Å². The molecule has 102 valence electrons. The average molecular weight is 266 g/mol. The summed E-state index contributed by atoms with van der Waals surface area (Å²) in [7, 11) is 2.10. The minimum Gasteiger partial charge on any atom is -0.399 e. The first kappa shape index (κ1) is 12.7. The molecule has 1 aromatic carbocycles. The van der Waals surface area contributed by atoms with E-state index >= 15 is 0 Å². The van der Waals surface area contributed by atoms with Crippen molar-refractivity contribution in [1.29, 1.82) is 0 Å². The van der Waals surface area contributed by atoms with Crippen LogP contribution in [0.25, 0.3) is 5.65 Å². The first-order valence-electron chi connectivity index (χ1n) is 6.66. The van der Waals surface area contributed by atoms with E-state index in [0.29, 0.717) is 0 Å². The minimum absolute atomic E-state index is 0.803. The molecule has 3 aromatic rings. The van der Waals surface area contributed by atoms with Gasteiger partial charge in [0.2, 0.25) is 0 Å². The Bertz CT molecular complexity index is 667. The van der Waals surface area contributed by atoms with Crippen molar-refractivity contribution in [2.45, 2.75) is 13.1 Å². The maximum atomic E-state index is 5.70. The molecule has 2 aromatic heterocycles. The van der Waals surface area contributed by atoms with Gasteiger partial charge in [-0.1, -0.05) is 18.2 Å². The van der Waals surface area contributed by atoms with Gasteiger partial charge in [-0.2, -0.15) is 0 Å². The number of imidazole rings is 1. The molecule has 0 amide bonds. The number of pyridine rings is 1. The van der Waals surface area contributed by atoms with Gasteiger partial charge in [0.1, 0.15) is 5.65 Å². The molecule has 0 saturated carbocycles. The Labute approximate surface area is 118 Å². The van der Waals surface area contributed by atoms with Gasteiger partial charge in [0, 0.05) is 31.2 Å². The van der Waals surface area contributed by atoms with E-state index in [2.05, 4.69) is 35.3 Å². The summed E-state index contributed by atoms with van der Waals surface area (Å²) in [6.45, 7) is 1.71. The topological polar surface area (TPSA) is 46.6 Å². The molecule has 2 heterocycles. The van der Waals surface area contributed by atoms with Crippen LogP contribution in [0.3, 0.4) is 0 Å². The van der Waals surface area contributed by atoms with Crippen molar-refractivity contribution in [3.8, 4) is 0 Å². The fourth-order valence-electron chi connectivity index (χ4n) is 2.33. The summed E-state index contributed by atoms with van der Waals surface area (Å²) in [4.78, 5) is 6.85. The fraction of sp³-hybridized carbons (Fsp3) is 0.188. The van der Waals surface area contributed by atoms with Crippen molar-refractivity contribution in [3.05, 3.63) is 66.1 Å². The molecule has 4 heteroatoms. The molecule has 3 rings (SSSR count). The SMILES string of the molecule is CN(Cc1ccc(N)cc1)Cc1cn2ccccc2n1. The van der Waals surface area contributed by atoms with Gasteiger partial charge in [-0.3, -0.25) is 4.90 Å². The quantitative estimate of drug-likeness (QED) is 0.738. The van der Waals surface area contributed by atoms with Crippen LogP contribution in [0.15, 0.2) is 54.9 Å². The number of anilines is 1. The lowest BCUT2D eigenvalue weighted by Gasteiger charge is -2.15. The summed E-state index contributed by atoms with van der Waals surface area (Å²) in [6, 6.07) is 14.0. The van der Waals surface area contributed by atoms with Crippen LogP contribution in [0.4, 0.5) is 5.69 Å². The van der Waals surface area contributed by atoms with Crippen LogP contribution >= 0.6 is 0 Å². The number of nitrogen functional groups attached to an aromatic ring is 1. The fourth-order valence-corrected chi connectivity index (χ4v) is 2.33. The Morgan fingerprint density at radius 2 is 1.90 bits per heavy atom. The maximum absolute atomic E-state index is 5.70. The second-order valence-corrected chi connectivity index (χ2v) is 5.11. The van der Waals surface area contributed by atoms with Gasteiger partial charge in [0.05, 0.1) is 5.69 Å². The highest BCUT2D eigenvalue weighted by atomic mass is 15.1. The third-order valence-corrected chi connectivity index (χ3v) is 3.28. The summed E-state index contributed by atoms with van der Waals surface area (Å²) in [5, 5.41) is 0. The van der Waals surface area contributed by atoms with E-state index in [1.165, 1.54) is 5.56 Å². The zero-order chi connectivity index (χ0) is 13.9. The number of nitrogens with two attached hydrogens (primary N) is 1. The van der Waals surface area contributed by atoms with Crippen LogP contribution in [-0.2, 0) is 13.1 Å². The summed E-state index contributed by atoms with van der Waals surface area (Å²) < 4.78 is 2.05. The molecule has 0 fully saturated rings. The van der Waals surface area contributed by atoms with Gasteiger partial charge >= 0.3 is 0 Å². The van der Waals surface area contributed by atoms with Gasteiger partial charge in [-0.05, 0) is 36.9 Å². The molecule has 0 radical (unpaired) electrons. The number of fused-ring (bicyclic) bond motifs is 1. The summed E-state index contributed by atoms with van der Waals surface area (Å²) in [5.41, 5.74) is 9.82. The first-order chi connectivity index (χ1) is 9.70. The first-order valence-corrected chi connectivity index (χ1v) is 6.66. The second-order valence-electron chi connectivity index (χ2n) is 5.11. The van der Waals surface area contributed by atoms with Crippen LogP contribution < -0.4 is 5.73 Å². The zero-order valence-electron chi connectivity index (χ0n) is 11.5. The van der Waals surface area contributed by atoms with E-state index < -0.39 is 0 Å². The van der Waals surface area contributed by atoms with E-state index in [0.717, 1.165) is 30.1 Å². The molecule has 4 nitrogen and oxygen atoms in total.